The van der Waals surface area contributed by atoms with Crippen LogP contribution in [0.1, 0.15) is 17.0 Å². The van der Waals surface area contributed by atoms with Gasteiger partial charge in [-0.3, -0.25) is 4.68 Å². The molecule has 0 aliphatic carbocycles. The molecular formula is C14H15Cl3N2O. The van der Waals surface area contributed by atoms with Gasteiger partial charge in [-0.2, -0.15) is 5.10 Å². The number of hydrogen-bond acceptors (Lipinski definition) is 2. The Balaban J connectivity index is 2.08. The molecule has 6 heteroatoms. The van der Waals surface area contributed by atoms with Crippen LogP contribution in [0.2, 0.25) is 15.1 Å². The lowest BCUT2D eigenvalue weighted by Gasteiger charge is -2.12. The lowest BCUT2D eigenvalue weighted by Crippen LogP contribution is -2.16. The molecule has 0 bridgehead atoms. The van der Waals surface area contributed by atoms with Gasteiger partial charge in [0.25, 0.3) is 0 Å². The van der Waals surface area contributed by atoms with Crippen molar-refractivity contribution < 1.29 is 5.11 Å². The SMILES string of the molecule is Cc1nn(C)c(CC(O)Cc2ccc(Cl)c(Cl)c2)c1Cl. The first-order valence-corrected chi connectivity index (χ1v) is 7.32. The van der Waals surface area contributed by atoms with E-state index in [4.69, 9.17) is 34.8 Å². The lowest BCUT2D eigenvalue weighted by atomic mass is 10.0. The number of aliphatic hydroxyl groups is 1. The Hall–Kier alpha value is -0.740. The molecule has 0 amide bonds. The van der Waals surface area contributed by atoms with Crippen molar-refractivity contribution in [2.45, 2.75) is 25.9 Å². The van der Waals surface area contributed by atoms with Gasteiger partial charge in [-0.15, -0.1) is 0 Å². The van der Waals surface area contributed by atoms with E-state index in [1.165, 1.54) is 0 Å². The van der Waals surface area contributed by atoms with Crippen LogP contribution >= 0.6 is 34.8 Å². The van der Waals surface area contributed by atoms with Crippen LogP contribution in [0.4, 0.5) is 0 Å². The molecule has 0 radical (unpaired) electrons. The summed E-state index contributed by atoms with van der Waals surface area (Å²) in [6, 6.07) is 5.35. The number of benzene rings is 1. The van der Waals surface area contributed by atoms with Gasteiger partial charge in [0.05, 0.1) is 32.6 Å². The number of aromatic nitrogens is 2. The normalized spacial score (nSPS) is 12.7. The van der Waals surface area contributed by atoms with Crippen molar-refractivity contribution >= 4 is 34.8 Å². The van der Waals surface area contributed by atoms with Gasteiger partial charge in [-0.25, -0.2) is 0 Å². The first-order valence-electron chi connectivity index (χ1n) is 6.18. The minimum atomic E-state index is -0.556. The average molecular weight is 334 g/mol. The fourth-order valence-corrected chi connectivity index (χ4v) is 2.69. The Kier molecular flexibility index (Phi) is 4.97. The van der Waals surface area contributed by atoms with E-state index in [1.54, 1.807) is 16.8 Å². The van der Waals surface area contributed by atoms with Gasteiger partial charge in [-0.1, -0.05) is 40.9 Å². The molecule has 108 valence electrons. The van der Waals surface area contributed by atoms with Gasteiger partial charge in [0.1, 0.15) is 0 Å². The number of hydrogen-bond donors (Lipinski definition) is 1. The summed E-state index contributed by atoms with van der Waals surface area (Å²) in [4.78, 5) is 0. The van der Waals surface area contributed by atoms with Crippen molar-refractivity contribution in [3.8, 4) is 0 Å². The Bertz CT molecular complexity index is 625. The van der Waals surface area contributed by atoms with Gasteiger partial charge in [0.15, 0.2) is 0 Å². The monoisotopic (exact) mass is 332 g/mol. The molecule has 2 rings (SSSR count). The van der Waals surface area contributed by atoms with Crippen molar-refractivity contribution in [2.75, 3.05) is 0 Å². The zero-order valence-electron chi connectivity index (χ0n) is 11.2. The van der Waals surface area contributed by atoms with E-state index in [0.29, 0.717) is 27.9 Å². The molecule has 0 spiro atoms. The van der Waals surface area contributed by atoms with E-state index in [-0.39, 0.29) is 0 Å². The summed E-state index contributed by atoms with van der Waals surface area (Å²) in [5.74, 6) is 0. The van der Waals surface area contributed by atoms with Crippen LogP contribution in [0.3, 0.4) is 0 Å². The van der Waals surface area contributed by atoms with Crippen molar-refractivity contribution in [3.63, 3.8) is 0 Å². The van der Waals surface area contributed by atoms with Crippen LogP contribution in [0.25, 0.3) is 0 Å². The van der Waals surface area contributed by atoms with Crippen LogP contribution in [0.5, 0.6) is 0 Å². The van der Waals surface area contributed by atoms with Gasteiger partial charge in [0, 0.05) is 13.5 Å². The molecule has 0 aliphatic heterocycles. The highest BCUT2D eigenvalue weighted by atomic mass is 35.5. The van der Waals surface area contributed by atoms with Crippen LogP contribution in [0.15, 0.2) is 18.2 Å². The highest BCUT2D eigenvalue weighted by Crippen LogP contribution is 2.25. The lowest BCUT2D eigenvalue weighted by molar-refractivity contribution is 0.173. The minimum absolute atomic E-state index is 0.441. The van der Waals surface area contributed by atoms with E-state index in [2.05, 4.69) is 5.10 Å². The number of halogens is 3. The quantitative estimate of drug-likeness (QED) is 0.923. The van der Waals surface area contributed by atoms with E-state index in [1.807, 2.05) is 20.0 Å². The second kappa shape index (κ2) is 6.35. The summed E-state index contributed by atoms with van der Waals surface area (Å²) in [7, 11) is 1.82. The minimum Gasteiger partial charge on any atom is -0.392 e. The number of aliphatic hydroxyl groups excluding tert-OH is 1. The van der Waals surface area contributed by atoms with Crippen molar-refractivity contribution in [2.24, 2.45) is 7.05 Å². The fourth-order valence-electron chi connectivity index (χ4n) is 2.14. The molecule has 1 unspecified atom stereocenters. The molecule has 1 aromatic heterocycles. The maximum Gasteiger partial charge on any atom is 0.0847 e. The van der Waals surface area contributed by atoms with Crippen molar-refractivity contribution in [1.29, 1.82) is 0 Å². The summed E-state index contributed by atoms with van der Waals surface area (Å²) >= 11 is 18.0. The molecule has 1 aromatic carbocycles. The molecule has 1 heterocycles. The zero-order valence-corrected chi connectivity index (χ0v) is 13.5. The van der Waals surface area contributed by atoms with Crippen molar-refractivity contribution in [1.82, 2.24) is 9.78 Å². The molecule has 1 N–H and O–H groups in total. The summed E-state index contributed by atoms with van der Waals surface area (Å²) in [5.41, 5.74) is 2.53. The van der Waals surface area contributed by atoms with E-state index >= 15 is 0 Å². The third kappa shape index (κ3) is 3.47. The fraction of sp³-hybridized carbons (Fsp3) is 0.357. The Morgan fingerprint density at radius 1 is 1.20 bits per heavy atom. The average Bonchev–Trinajstić information content (AvgIpc) is 2.61. The van der Waals surface area contributed by atoms with E-state index in [9.17, 15) is 5.11 Å². The Morgan fingerprint density at radius 3 is 2.45 bits per heavy atom. The third-order valence-corrected chi connectivity index (χ3v) is 4.38. The summed E-state index contributed by atoms with van der Waals surface area (Å²) in [6.07, 6.45) is 0.368. The molecule has 0 fully saturated rings. The molecule has 1 atom stereocenters. The zero-order chi connectivity index (χ0) is 14.9. The highest BCUT2D eigenvalue weighted by molar-refractivity contribution is 6.42. The van der Waals surface area contributed by atoms with Gasteiger partial charge < -0.3 is 5.11 Å². The second-order valence-electron chi connectivity index (χ2n) is 4.78. The maximum atomic E-state index is 10.2. The van der Waals surface area contributed by atoms with Gasteiger partial charge in [-0.05, 0) is 31.0 Å². The predicted molar refractivity (Wildman–Crippen MR) is 82.8 cm³/mol. The van der Waals surface area contributed by atoms with Crippen LogP contribution < -0.4 is 0 Å². The second-order valence-corrected chi connectivity index (χ2v) is 5.97. The molecule has 3 nitrogen and oxygen atoms in total. The Labute approximate surface area is 133 Å². The topological polar surface area (TPSA) is 38.0 Å². The standard InChI is InChI=1S/C14H15Cl3N2O/c1-8-14(17)13(19(2)18-8)7-10(20)5-9-3-4-11(15)12(16)6-9/h3-4,6,10,20H,5,7H2,1-2H3. The van der Waals surface area contributed by atoms with E-state index < -0.39 is 6.10 Å². The maximum absolute atomic E-state index is 10.2. The van der Waals surface area contributed by atoms with Crippen LogP contribution in [-0.2, 0) is 19.9 Å². The molecule has 20 heavy (non-hydrogen) atoms. The smallest absolute Gasteiger partial charge is 0.0847 e. The molecule has 0 saturated carbocycles. The van der Waals surface area contributed by atoms with E-state index in [0.717, 1.165) is 17.0 Å². The van der Waals surface area contributed by atoms with Crippen molar-refractivity contribution in [3.05, 3.63) is 50.2 Å². The summed E-state index contributed by atoms with van der Waals surface area (Å²) in [5, 5.41) is 16.0. The first kappa shape index (κ1) is 15.6. The predicted octanol–water partition coefficient (Wildman–Crippen LogP) is 3.83. The molecule has 2 aromatic rings. The summed E-state index contributed by atoms with van der Waals surface area (Å²) < 4.78 is 1.70. The molecule has 0 aliphatic rings. The third-order valence-electron chi connectivity index (χ3n) is 3.15. The number of nitrogens with zero attached hydrogens (tertiary/aromatic N) is 2. The first-order chi connectivity index (χ1) is 9.38. The summed E-state index contributed by atoms with van der Waals surface area (Å²) in [6.45, 7) is 1.84. The Morgan fingerprint density at radius 2 is 1.90 bits per heavy atom. The van der Waals surface area contributed by atoms with Crippen LogP contribution in [-0.4, -0.2) is 21.0 Å². The largest absolute Gasteiger partial charge is 0.392 e. The van der Waals surface area contributed by atoms with Crippen LogP contribution in [0, 0.1) is 6.92 Å². The highest BCUT2D eigenvalue weighted by Gasteiger charge is 2.16. The van der Waals surface area contributed by atoms with Gasteiger partial charge in [0.2, 0.25) is 0 Å². The van der Waals surface area contributed by atoms with Gasteiger partial charge >= 0.3 is 0 Å². The number of rotatable bonds is 4. The molecular weight excluding hydrogens is 319 g/mol. The molecule has 0 saturated heterocycles. The number of aryl methyl sites for hydroxylation is 2.